The zero-order chi connectivity index (χ0) is 17.3. The molecule has 0 aromatic rings. The lowest BCUT2D eigenvalue weighted by Gasteiger charge is -2.59. The van der Waals surface area contributed by atoms with Crippen LogP contribution in [0.4, 0.5) is 0 Å². The third kappa shape index (κ3) is 2.07. The number of carbonyl (C=O) groups is 2. The summed E-state index contributed by atoms with van der Waals surface area (Å²) in [5.41, 5.74) is 1.91. The van der Waals surface area contributed by atoms with Crippen molar-refractivity contribution < 1.29 is 9.59 Å². The van der Waals surface area contributed by atoms with Gasteiger partial charge in [0.05, 0.1) is 0 Å². The first-order valence-corrected chi connectivity index (χ1v) is 10.0. The van der Waals surface area contributed by atoms with Crippen molar-refractivity contribution >= 4 is 11.6 Å². The van der Waals surface area contributed by atoms with Gasteiger partial charge in [-0.15, -0.1) is 0 Å². The second-order valence-electron chi connectivity index (χ2n) is 9.78. The topological polar surface area (TPSA) is 34.1 Å². The molecule has 3 saturated carbocycles. The van der Waals surface area contributed by atoms with Crippen LogP contribution in [-0.4, -0.2) is 11.6 Å². The monoisotopic (exact) mass is 328 g/mol. The molecule has 0 spiro atoms. The molecule has 0 bridgehead atoms. The fourth-order valence-corrected chi connectivity index (χ4v) is 7.65. The maximum absolute atomic E-state index is 12.2. The minimum atomic E-state index is 0.228. The summed E-state index contributed by atoms with van der Waals surface area (Å²) < 4.78 is 0. The molecule has 24 heavy (non-hydrogen) atoms. The highest BCUT2D eigenvalue weighted by Crippen LogP contribution is 2.67. The number of carbonyl (C=O) groups excluding carboxylic acids is 2. The third-order valence-corrected chi connectivity index (χ3v) is 8.77. The van der Waals surface area contributed by atoms with E-state index in [1.54, 1.807) is 0 Å². The number of rotatable bonds is 1. The number of hydrogen-bond acceptors (Lipinski definition) is 2. The molecular formula is C22H32O2. The van der Waals surface area contributed by atoms with Crippen molar-refractivity contribution in [1.29, 1.82) is 0 Å². The average Bonchev–Trinajstić information content (AvgIpc) is 2.87. The Balaban J connectivity index is 1.71. The first kappa shape index (κ1) is 16.5. The molecule has 7 atom stereocenters. The molecule has 2 nitrogen and oxygen atoms in total. The molecule has 4 aliphatic carbocycles. The van der Waals surface area contributed by atoms with E-state index in [2.05, 4.69) is 20.8 Å². The summed E-state index contributed by atoms with van der Waals surface area (Å²) in [5.74, 6) is 3.75. The molecule has 0 aromatic carbocycles. The largest absolute Gasteiger partial charge is 0.300 e. The van der Waals surface area contributed by atoms with Crippen LogP contribution in [0.5, 0.6) is 0 Å². The quantitative estimate of drug-likeness (QED) is 0.681. The lowest BCUT2D eigenvalue weighted by atomic mass is 9.45. The number of hydrogen-bond donors (Lipinski definition) is 0. The summed E-state index contributed by atoms with van der Waals surface area (Å²) in [5, 5.41) is 0. The van der Waals surface area contributed by atoms with Crippen molar-refractivity contribution in [3.05, 3.63) is 11.6 Å². The molecular weight excluding hydrogens is 296 g/mol. The molecule has 0 radical (unpaired) electrons. The van der Waals surface area contributed by atoms with E-state index in [1.807, 2.05) is 13.0 Å². The van der Waals surface area contributed by atoms with Crippen molar-refractivity contribution in [2.45, 2.75) is 72.6 Å². The normalized spacial score (nSPS) is 50.6. The van der Waals surface area contributed by atoms with Gasteiger partial charge in [0.15, 0.2) is 5.78 Å². The molecule has 0 aromatic heterocycles. The van der Waals surface area contributed by atoms with Crippen molar-refractivity contribution in [3.8, 4) is 0 Å². The Bertz CT molecular complexity index is 617. The minimum absolute atomic E-state index is 0.228. The van der Waals surface area contributed by atoms with Crippen LogP contribution in [0.3, 0.4) is 0 Å². The second-order valence-corrected chi connectivity index (χ2v) is 9.78. The van der Waals surface area contributed by atoms with E-state index in [1.165, 1.54) is 31.3 Å². The van der Waals surface area contributed by atoms with Gasteiger partial charge in [-0.2, -0.15) is 0 Å². The number of fused-ring (bicyclic) bond motifs is 5. The Hall–Kier alpha value is -0.920. The first-order valence-electron chi connectivity index (χ1n) is 10.0. The van der Waals surface area contributed by atoms with Crippen LogP contribution in [0.2, 0.25) is 0 Å². The van der Waals surface area contributed by atoms with E-state index in [-0.39, 0.29) is 16.7 Å². The Kier molecular flexibility index (Phi) is 3.64. The molecule has 2 heteroatoms. The van der Waals surface area contributed by atoms with E-state index in [4.69, 9.17) is 0 Å². The minimum Gasteiger partial charge on any atom is -0.300 e. The molecule has 4 aliphatic rings. The predicted octanol–water partition coefficient (Wildman–Crippen LogP) is 4.97. The van der Waals surface area contributed by atoms with Crippen LogP contribution in [0, 0.1) is 40.4 Å². The van der Waals surface area contributed by atoms with Crippen LogP contribution in [0.25, 0.3) is 0 Å². The zero-order valence-corrected chi connectivity index (χ0v) is 15.7. The molecule has 0 amide bonds. The van der Waals surface area contributed by atoms with E-state index < -0.39 is 0 Å². The standard InChI is InChI=1S/C22H32O2/c1-13-11-16-18-6-5-17(14(2)23)21(18,3)10-8-19(16)22(4)9-7-15(24)12-20(13)22/h12-13,16-19H,5-11H2,1-4H3/t13-,16?,17?,18-,19-,21?,22?/m0/s1. The highest BCUT2D eigenvalue weighted by molar-refractivity contribution is 5.91. The molecule has 0 heterocycles. The molecule has 0 N–H and O–H groups in total. The smallest absolute Gasteiger partial charge is 0.155 e. The first-order chi connectivity index (χ1) is 11.3. The van der Waals surface area contributed by atoms with Gasteiger partial charge in [0.25, 0.3) is 0 Å². The van der Waals surface area contributed by atoms with Crippen LogP contribution < -0.4 is 0 Å². The van der Waals surface area contributed by atoms with Gasteiger partial charge in [-0.25, -0.2) is 0 Å². The van der Waals surface area contributed by atoms with E-state index in [9.17, 15) is 9.59 Å². The van der Waals surface area contributed by atoms with Crippen molar-refractivity contribution in [1.82, 2.24) is 0 Å². The van der Waals surface area contributed by atoms with E-state index >= 15 is 0 Å². The summed E-state index contributed by atoms with van der Waals surface area (Å²) in [6.45, 7) is 9.00. The average molecular weight is 328 g/mol. The Labute approximate surface area is 146 Å². The summed E-state index contributed by atoms with van der Waals surface area (Å²) >= 11 is 0. The van der Waals surface area contributed by atoms with Gasteiger partial charge in [-0.05, 0) is 86.0 Å². The molecule has 4 unspecified atom stereocenters. The fraction of sp³-hybridized carbons (Fsp3) is 0.818. The van der Waals surface area contributed by atoms with Gasteiger partial charge in [-0.3, -0.25) is 9.59 Å². The van der Waals surface area contributed by atoms with Gasteiger partial charge >= 0.3 is 0 Å². The zero-order valence-electron chi connectivity index (χ0n) is 15.7. The number of ketones is 2. The third-order valence-electron chi connectivity index (χ3n) is 8.77. The van der Waals surface area contributed by atoms with Crippen LogP contribution in [-0.2, 0) is 9.59 Å². The van der Waals surface area contributed by atoms with Gasteiger partial charge in [0.1, 0.15) is 5.78 Å². The lowest BCUT2D eigenvalue weighted by molar-refractivity contribution is -0.129. The van der Waals surface area contributed by atoms with Crippen LogP contribution >= 0.6 is 0 Å². The Morgan fingerprint density at radius 3 is 2.58 bits per heavy atom. The fourth-order valence-electron chi connectivity index (χ4n) is 7.65. The molecule has 0 saturated heterocycles. The van der Waals surface area contributed by atoms with E-state index in [0.717, 1.165) is 31.1 Å². The number of allylic oxidation sites excluding steroid dienone is 1. The lowest BCUT2D eigenvalue weighted by Crippen LogP contribution is -2.52. The maximum atomic E-state index is 12.2. The maximum Gasteiger partial charge on any atom is 0.155 e. The molecule has 132 valence electrons. The summed E-state index contributed by atoms with van der Waals surface area (Å²) in [7, 11) is 0. The Morgan fingerprint density at radius 1 is 1.12 bits per heavy atom. The van der Waals surface area contributed by atoms with Crippen molar-refractivity contribution in [2.75, 3.05) is 0 Å². The van der Waals surface area contributed by atoms with Gasteiger partial charge in [0.2, 0.25) is 0 Å². The second kappa shape index (κ2) is 5.29. The summed E-state index contributed by atoms with van der Waals surface area (Å²) in [4.78, 5) is 24.2. The number of Topliss-reactive ketones (excluding diaryl/α,β-unsaturated/α-hetero) is 1. The molecule has 4 rings (SSSR count). The van der Waals surface area contributed by atoms with E-state index in [0.29, 0.717) is 23.4 Å². The highest BCUT2D eigenvalue weighted by atomic mass is 16.1. The molecule has 0 aliphatic heterocycles. The SMILES string of the molecule is CC(=O)C1CC[C@H]2C3C[C@H](C)C4=CC(=O)CCC4(C)[C@H]3CCC12C. The van der Waals surface area contributed by atoms with Gasteiger partial charge in [0, 0.05) is 12.3 Å². The molecule has 3 fully saturated rings. The highest BCUT2D eigenvalue weighted by Gasteiger charge is 2.60. The predicted molar refractivity (Wildman–Crippen MR) is 95.4 cm³/mol. The summed E-state index contributed by atoms with van der Waals surface area (Å²) in [6, 6.07) is 0. The van der Waals surface area contributed by atoms with Gasteiger partial charge < -0.3 is 0 Å². The summed E-state index contributed by atoms with van der Waals surface area (Å²) in [6.07, 6.45) is 9.80. The Morgan fingerprint density at radius 2 is 1.88 bits per heavy atom. The van der Waals surface area contributed by atoms with Crippen LogP contribution in [0.1, 0.15) is 72.6 Å². The van der Waals surface area contributed by atoms with Gasteiger partial charge in [-0.1, -0.05) is 26.3 Å². The van der Waals surface area contributed by atoms with Crippen LogP contribution in [0.15, 0.2) is 11.6 Å². The van der Waals surface area contributed by atoms with Crippen molar-refractivity contribution in [2.24, 2.45) is 40.4 Å². The van der Waals surface area contributed by atoms with Crippen molar-refractivity contribution in [3.63, 3.8) is 0 Å².